The zero-order valence-electron chi connectivity index (χ0n) is 44.4. The highest BCUT2D eigenvalue weighted by atomic mass is 15.0. The van der Waals surface area contributed by atoms with Gasteiger partial charge in [0.05, 0.1) is 0 Å². The summed E-state index contributed by atoms with van der Waals surface area (Å²) in [5.74, 6) is 0. The molecule has 3 aliphatic carbocycles. The van der Waals surface area contributed by atoms with E-state index in [2.05, 4.69) is 250 Å². The van der Waals surface area contributed by atoms with Crippen molar-refractivity contribution in [3.63, 3.8) is 0 Å². The van der Waals surface area contributed by atoms with Crippen LogP contribution in [0.25, 0.3) is 117 Å². The maximum atomic E-state index is 4.76. The molecule has 0 N–H and O–H groups in total. The summed E-state index contributed by atoms with van der Waals surface area (Å²) in [5, 5.41) is 10.4. The molecule has 14 rings (SSSR count). The van der Waals surface area contributed by atoms with Gasteiger partial charge < -0.3 is 4.57 Å². The highest BCUT2D eigenvalue weighted by Crippen LogP contribution is 2.45. The van der Waals surface area contributed by atoms with E-state index >= 15 is 0 Å². The number of fused-ring (bicyclic) bond motifs is 6. The minimum absolute atomic E-state index is 1.10. The van der Waals surface area contributed by atoms with Crippen molar-refractivity contribution in [1.29, 1.82) is 0 Å². The molecule has 2 aromatic heterocycles. The fraction of sp³-hybridized carbons (Fsp3) is 0.133. The van der Waals surface area contributed by atoms with Crippen molar-refractivity contribution in [1.82, 2.24) is 9.55 Å². The summed E-state index contributed by atoms with van der Waals surface area (Å²) in [7, 11) is 0. The first-order valence-corrected chi connectivity index (χ1v) is 27.7. The van der Waals surface area contributed by atoms with Crippen LogP contribution >= 0.6 is 0 Å². The molecule has 77 heavy (non-hydrogen) atoms. The van der Waals surface area contributed by atoms with Crippen molar-refractivity contribution in [3.8, 4) is 61.3 Å². The molecule has 2 heteroatoms. The average molecular weight is 991 g/mol. The zero-order chi connectivity index (χ0) is 51.8. The Morgan fingerprint density at radius 1 is 0.429 bits per heavy atom. The molecule has 0 atom stereocenters. The van der Waals surface area contributed by atoms with Crippen LogP contribution in [0.15, 0.2) is 224 Å². The Bertz CT molecular complexity index is 4250. The Balaban J connectivity index is 0.000000351. The van der Waals surface area contributed by atoms with E-state index in [4.69, 9.17) is 4.98 Å². The molecule has 3 aliphatic rings. The third-order valence-corrected chi connectivity index (χ3v) is 16.3. The molecule has 372 valence electrons. The lowest BCUT2D eigenvalue weighted by Gasteiger charge is -2.19. The average Bonchev–Trinajstić information content (AvgIpc) is 3.60. The summed E-state index contributed by atoms with van der Waals surface area (Å²) in [6, 6.07) is 69.3. The standard InChI is InChI=1S/C61H46N2.C14H16/c1-40-34-46(37-49(35-40)63-58-24-4-2-3-17-51(58)52-18-11-12-25-59(52)63)41-26-28-42(29-27-41)47-36-48(39-62-38-47)43-30-32-45(33-31-43)60-54-19-7-9-21-56(54)61(57-22-10-8-20-55(57)60)53-23-13-15-44-14-5-6-16-50(44)53;1-11-7-3-5-9-13(11)14-10-6-4-8-12(14)2/h5-10,12-17,19-39H,2-4,11,18H2,1H3;3-5,7-9H,6,10H2,1-2H3. The van der Waals surface area contributed by atoms with Gasteiger partial charge in [-0.2, -0.15) is 0 Å². The van der Waals surface area contributed by atoms with Crippen molar-refractivity contribution < 1.29 is 0 Å². The number of allylic oxidation sites excluding steroid dienone is 5. The summed E-state index contributed by atoms with van der Waals surface area (Å²) in [6.45, 7) is 6.62. The SMILES string of the molecule is CC1=C(c2ccccc2C)CCC=C1.Cc1cc(-c2ccc(-c3cncc(-c4ccc(-c5c6ccccc6c(-c6cccc7ccccc67)c6ccccc56)cc4)c3)cc2)cc(-n2c3c(c4c2=CCCCC=4)CCC=C3)c1. The van der Waals surface area contributed by atoms with Crippen LogP contribution in [-0.2, 0) is 6.42 Å². The van der Waals surface area contributed by atoms with Gasteiger partial charge in [0.2, 0.25) is 0 Å². The highest BCUT2D eigenvalue weighted by Gasteiger charge is 2.20. The van der Waals surface area contributed by atoms with Crippen molar-refractivity contribution in [2.24, 2.45) is 0 Å². The van der Waals surface area contributed by atoms with Gasteiger partial charge in [0.25, 0.3) is 0 Å². The number of hydrogen-bond donors (Lipinski definition) is 0. The van der Waals surface area contributed by atoms with E-state index in [1.807, 2.05) is 12.4 Å². The predicted molar refractivity (Wildman–Crippen MR) is 330 cm³/mol. The van der Waals surface area contributed by atoms with Crippen molar-refractivity contribution in [2.45, 2.75) is 65.7 Å². The lowest BCUT2D eigenvalue weighted by Crippen LogP contribution is -2.29. The maximum Gasteiger partial charge on any atom is 0.0497 e. The van der Waals surface area contributed by atoms with Gasteiger partial charge in [0.15, 0.2) is 0 Å². The van der Waals surface area contributed by atoms with Gasteiger partial charge in [-0.3, -0.25) is 4.98 Å². The topological polar surface area (TPSA) is 17.8 Å². The molecule has 2 heterocycles. The number of aromatic nitrogens is 2. The summed E-state index contributed by atoms with van der Waals surface area (Å²) in [6.07, 6.45) is 26.2. The number of nitrogens with zero attached hydrogens (tertiary/aromatic N) is 2. The first-order valence-electron chi connectivity index (χ1n) is 27.7. The van der Waals surface area contributed by atoms with E-state index in [1.54, 1.807) is 0 Å². The van der Waals surface area contributed by atoms with Crippen LogP contribution in [0, 0.1) is 13.8 Å². The van der Waals surface area contributed by atoms with Gasteiger partial charge in [-0.15, -0.1) is 0 Å². The van der Waals surface area contributed by atoms with Crippen molar-refractivity contribution in [3.05, 3.63) is 263 Å². The summed E-state index contributed by atoms with van der Waals surface area (Å²) < 4.78 is 2.52. The molecule has 0 saturated heterocycles. The third-order valence-electron chi connectivity index (χ3n) is 16.3. The Kier molecular flexibility index (Phi) is 12.9. The predicted octanol–water partition coefficient (Wildman–Crippen LogP) is 18.8. The first-order chi connectivity index (χ1) is 37.9. The van der Waals surface area contributed by atoms with Crippen LogP contribution in [0.2, 0.25) is 0 Å². The summed E-state index contributed by atoms with van der Waals surface area (Å²) >= 11 is 0. The zero-order valence-corrected chi connectivity index (χ0v) is 44.4. The lowest BCUT2D eigenvalue weighted by molar-refractivity contribution is 0.910. The molecule has 2 nitrogen and oxygen atoms in total. The molecule has 0 aliphatic heterocycles. The van der Waals surface area contributed by atoms with Crippen LogP contribution in [0.3, 0.4) is 0 Å². The van der Waals surface area contributed by atoms with E-state index in [9.17, 15) is 0 Å². The minimum atomic E-state index is 1.10. The van der Waals surface area contributed by atoms with Gasteiger partial charge >= 0.3 is 0 Å². The molecular weight excluding hydrogens is 929 g/mol. The quantitative estimate of drug-likeness (QED) is 0.146. The lowest BCUT2D eigenvalue weighted by atomic mass is 9.84. The molecule has 0 unspecified atom stereocenters. The molecule has 11 aromatic rings. The molecule has 9 aromatic carbocycles. The third kappa shape index (κ3) is 9.08. The maximum absolute atomic E-state index is 4.76. The number of aryl methyl sites for hydroxylation is 2. The molecule has 0 spiro atoms. The van der Waals surface area contributed by atoms with Gasteiger partial charge in [0.1, 0.15) is 0 Å². The number of rotatable bonds is 7. The van der Waals surface area contributed by atoms with Crippen molar-refractivity contribution >= 4 is 56.1 Å². The van der Waals surface area contributed by atoms with Crippen LogP contribution < -0.4 is 10.6 Å². The second-order valence-corrected chi connectivity index (χ2v) is 21.2. The highest BCUT2D eigenvalue weighted by molar-refractivity contribution is 6.23. The second kappa shape index (κ2) is 20.7. The van der Waals surface area contributed by atoms with E-state index in [-0.39, 0.29) is 0 Å². The van der Waals surface area contributed by atoms with Gasteiger partial charge in [-0.05, 0) is 205 Å². The van der Waals surface area contributed by atoms with E-state index < -0.39 is 0 Å². The molecule has 0 radical (unpaired) electrons. The number of benzene rings is 9. The molecule has 0 saturated carbocycles. The van der Waals surface area contributed by atoms with Crippen LogP contribution in [0.5, 0.6) is 0 Å². The van der Waals surface area contributed by atoms with Gasteiger partial charge in [0, 0.05) is 40.3 Å². The van der Waals surface area contributed by atoms with E-state index in [1.165, 1.54) is 140 Å². The number of hydrogen-bond acceptors (Lipinski definition) is 1. The fourth-order valence-electron chi connectivity index (χ4n) is 12.6. The Morgan fingerprint density at radius 3 is 1.70 bits per heavy atom. The smallest absolute Gasteiger partial charge is 0.0497 e. The van der Waals surface area contributed by atoms with E-state index in [0.717, 1.165) is 47.9 Å². The van der Waals surface area contributed by atoms with Crippen molar-refractivity contribution in [2.75, 3.05) is 0 Å². The molecule has 0 amide bonds. The van der Waals surface area contributed by atoms with Gasteiger partial charge in [-0.25, -0.2) is 0 Å². The largest absolute Gasteiger partial charge is 0.310 e. The molecular formula is C75H62N2. The Labute approximate surface area is 453 Å². The van der Waals surface area contributed by atoms with Crippen LogP contribution in [0.4, 0.5) is 0 Å². The molecule has 0 fully saturated rings. The summed E-state index contributed by atoms with van der Waals surface area (Å²) in [5.41, 5.74) is 23.1. The van der Waals surface area contributed by atoms with Gasteiger partial charge in [-0.1, -0.05) is 200 Å². The number of pyridine rings is 1. The van der Waals surface area contributed by atoms with E-state index in [0.29, 0.717) is 0 Å². The molecule has 0 bridgehead atoms. The minimum Gasteiger partial charge on any atom is -0.310 e. The second-order valence-electron chi connectivity index (χ2n) is 21.2. The Hall–Kier alpha value is -8.85. The first kappa shape index (κ1) is 47.8. The normalized spacial score (nSPS) is 13.9. The monoisotopic (exact) mass is 990 g/mol. The summed E-state index contributed by atoms with van der Waals surface area (Å²) in [4.78, 5) is 4.76. The van der Waals surface area contributed by atoms with Crippen LogP contribution in [0.1, 0.15) is 73.4 Å². The Morgan fingerprint density at radius 2 is 1.00 bits per heavy atom. The van der Waals surface area contributed by atoms with Crippen LogP contribution in [-0.4, -0.2) is 9.55 Å². The fourth-order valence-corrected chi connectivity index (χ4v) is 12.6.